The number of ether oxygens (including phenoxy) is 1. The minimum absolute atomic E-state index is 0.00178. The highest BCUT2D eigenvalue weighted by Gasteiger charge is 2.21. The SMILES string of the molecule is COc1ccc(C(C)NC(C)C(=O)NC(C)(C)C)cc1Br. The van der Waals surface area contributed by atoms with E-state index in [4.69, 9.17) is 4.74 Å². The maximum atomic E-state index is 12.1. The second kappa shape index (κ2) is 7.27. The van der Waals surface area contributed by atoms with E-state index in [1.807, 2.05) is 52.8 Å². The second-order valence-electron chi connectivity index (χ2n) is 6.24. The van der Waals surface area contributed by atoms with Crippen LogP contribution in [-0.2, 0) is 4.79 Å². The number of rotatable bonds is 5. The third kappa shape index (κ3) is 5.67. The van der Waals surface area contributed by atoms with Gasteiger partial charge in [-0.05, 0) is 68.2 Å². The number of halogens is 1. The molecule has 118 valence electrons. The Morgan fingerprint density at radius 2 is 1.90 bits per heavy atom. The average molecular weight is 357 g/mol. The summed E-state index contributed by atoms with van der Waals surface area (Å²) in [6.45, 7) is 9.83. The fourth-order valence-electron chi connectivity index (χ4n) is 1.98. The molecule has 2 unspecified atom stereocenters. The van der Waals surface area contributed by atoms with Crippen molar-refractivity contribution in [2.24, 2.45) is 0 Å². The van der Waals surface area contributed by atoms with Crippen LogP contribution in [0.2, 0.25) is 0 Å². The number of nitrogens with one attached hydrogen (secondary N) is 2. The Hall–Kier alpha value is -1.07. The molecule has 1 aromatic rings. The summed E-state index contributed by atoms with van der Waals surface area (Å²) in [7, 11) is 1.64. The minimum atomic E-state index is -0.264. The van der Waals surface area contributed by atoms with E-state index in [-0.39, 0.29) is 23.5 Å². The molecule has 1 rings (SSSR count). The topological polar surface area (TPSA) is 50.4 Å². The summed E-state index contributed by atoms with van der Waals surface area (Å²) < 4.78 is 6.13. The summed E-state index contributed by atoms with van der Waals surface area (Å²) in [5, 5.41) is 6.28. The van der Waals surface area contributed by atoms with Crippen molar-refractivity contribution in [1.29, 1.82) is 0 Å². The van der Waals surface area contributed by atoms with Crippen LogP contribution in [0.5, 0.6) is 5.75 Å². The largest absolute Gasteiger partial charge is 0.496 e. The van der Waals surface area contributed by atoms with Crippen LogP contribution in [0.3, 0.4) is 0 Å². The molecule has 0 heterocycles. The molecule has 0 fully saturated rings. The summed E-state index contributed by atoms with van der Waals surface area (Å²) in [4.78, 5) is 12.1. The quantitative estimate of drug-likeness (QED) is 0.849. The van der Waals surface area contributed by atoms with Gasteiger partial charge in [-0.2, -0.15) is 0 Å². The Balaban J connectivity index is 2.70. The van der Waals surface area contributed by atoms with Crippen LogP contribution in [0.4, 0.5) is 0 Å². The maximum absolute atomic E-state index is 12.1. The molecule has 21 heavy (non-hydrogen) atoms. The smallest absolute Gasteiger partial charge is 0.237 e. The van der Waals surface area contributed by atoms with E-state index in [0.717, 1.165) is 15.8 Å². The lowest BCUT2D eigenvalue weighted by Crippen LogP contribution is -2.49. The lowest BCUT2D eigenvalue weighted by Gasteiger charge is -2.26. The molecule has 0 aromatic heterocycles. The van der Waals surface area contributed by atoms with Crippen LogP contribution in [-0.4, -0.2) is 24.6 Å². The number of carbonyl (C=O) groups is 1. The lowest BCUT2D eigenvalue weighted by atomic mass is 10.1. The van der Waals surface area contributed by atoms with Gasteiger partial charge in [0, 0.05) is 11.6 Å². The van der Waals surface area contributed by atoms with Crippen molar-refractivity contribution in [3.05, 3.63) is 28.2 Å². The summed E-state index contributed by atoms with van der Waals surface area (Å²) in [6, 6.07) is 5.71. The number of methoxy groups -OCH3 is 1. The molecule has 2 atom stereocenters. The van der Waals surface area contributed by atoms with Crippen LogP contribution in [0.15, 0.2) is 22.7 Å². The lowest BCUT2D eigenvalue weighted by molar-refractivity contribution is -0.124. The third-order valence-corrected chi connectivity index (χ3v) is 3.69. The number of hydrogen-bond donors (Lipinski definition) is 2. The Morgan fingerprint density at radius 3 is 2.38 bits per heavy atom. The molecule has 0 saturated heterocycles. The van der Waals surface area contributed by atoms with E-state index in [2.05, 4.69) is 26.6 Å². The van der Waals surface area contributed by atoms with Gasteiger partial charge in [0.25, 0.3) is 0 Å². The normalized spacial score (nSPS) is 14.4. The van der Waals surface area contributed by atoms with Crippen LogP contribution in [0.25, 0.3) is 0 Å². The van der Waals surface area contributed by atoms with E-state index in [0.29, 0.717) is 0 Å². The summed E-state index contributed by atoms with van der Waals surface area (Å²) in [5.41, 5.74) is 0.873. The number of amides is 1. The van der Waals surface area contributed by atoms with Crippen molar-refractivity contribution >= 4 is 21.8 Å². The van der Waals surface area contributed by atoms with E-state index in [1.54, 1.807) is 7.11 Å². The Bertz CT molecular complexity index is 498. The van der Waals surface area contributed by atoms with Crippen LogP contribution >= 0.6 is 15.9 Å². The van der Waals surface area contributed by atoms with Gasteiger partial charge in [0.15, 0.2) is 0 Å². The molecular formula is C16H25BrN2O2. The molecule has 0 radical (unpaired) electrons. The van der Waals surface area contributed by atoms with Crippen molar-refractivity contribution in [3.63, 3.8) is 0 Å². The van der Waals surface area contributed by atoms with Crippen LogP contribution < -0.4 is 15.4 Å². The molecule has 0 spiro atoms. The highest BCUT2D eigenvalue weighted by molar-refractivity contribution is 9.10. The molecule has 4 nitrogen and oxygen atoms in total. The molecule has 0 aliphatic rings. The molecule has 0 saturated carbocycles. The predicted molar refractivity (Wildman–Crippen MR) is 89.6 cm³/mol. The molecule has 0 aliphatic carbocycles. The molecule has 1 aromatic carbocycles. The molecule has 0 bridgehead atoms. The van der Waals surface area contributed by atoms with Gasteiger partial charge in [0.1, 0.15) is 5.75 Å². The molecule has 0 aliphatic heterocycles. The van der Waals surface area contributed by atoms with Crippen molar-refractivity contribution in [3.8, 4) is 5.75 Å². The van der Waals surface area contributed by atoms with Gasteiger partial charge in [-0.3, -0.25) is 10.1 Å². The Labute approximate surface area is 135 Å². The van der Waals surface area contributed by atoms with Crippen LogP contribution in [0, 0.1) is 0 Å². The first-order valence-corrected chi connectivity index (χ1v) is 7.85. The van der Waals surface area contributed by atoms with Gasteiger partial charge in [-0.1, -0.05) is 6.07 Å². The monoisotopic (exact) mass is 356 g/mol. The molecular weight excluding hydrogens is 332 g/mol. The van der Waals surface area contributed by atoms with E-state index in [9.17, 15) is 4.79 Å². The summed E-state index contributed by atoms with van der Waals surface area (Å²) in [6.07, 6.45) is 0. The van der Waals surface area contributed by atoms with Gasteiger partial charge in [0.2, 0.25) is 5.91 Å². The molecule has 2 N–H and O–H groups in total. The standard InChI is InChI=1S/C16H25BrN2O2/c1-10(12-7-8-14(21-6)13(17)9-12)18-11(2)15(20)19-16(3,4)5/h7-11,18H,1-6H3,(H,19,20). The zero-order valence-electron chi connectivity index (χ0n) is 13.6. The number of benzene rings is 1. The van der Waals surface area contributed by atoms with E-state index >= 15 is 0 Å². The van der Waals surface area contributed by atoms with Gasteiger partial charge in [-0.25, -0.2) is 0 Å². The van der Waals surface area contributed by atoms with E-state index < -0.39 is 0 Å². The van der Waals surface area contributed by atoms with E-state index in [1.165, 1.54) is 0 Å². The number of carbonyl (C=O) groups excluding carboxylic acids is 1. The zero-order chi connectivity index (χ0) is 16.2. The number of hydrogen-bond acceptors (Lipinski definition) is 3. The van der Waals surface area contributed by atoms with Gasteiger partial charge >= 0.3 is 0 Å². The fraction of sp³-hybridized carbons (Fsp3) is 0.562. The summed E-state index contributed by atoms with van der Waals surface area (Å²) >= 11 is 3.48. The van der Waals surface area contributed by atoms with Crippen molar-refractivity contribution < 1.29 is 9.53 Å². The van der Waals surface area contributed by atoms with Gasteiger partial charge in [0.05, 0.1) is 17.6 Å². The second-order valence-corrected chi connectivity index (χ2v) is 7.10. The first kappa shape index (κ1) is 18.0. The highest BCUT2D eigenvalue weighted by Crippen LogP contribution is 2.28. The predicted octanol–water partition coefficient (Wildman–Crippen LogP) is 3.41. The van der Waals surface area contributed by atoms with Crippen molar-refractivity contribution in [2.45, 2.75) is 52.2 Å². The molecule has 1 amide bonds. The summed E-state index contributed by atoms with van der Waals surface area (Å²) in [5.74, 6) is 0.798. The Kier molecular flexibility index (Phi) is 6.23. The minimum Gasteiger partial charge on any atom is -0.496 e. The molecule has 5 heteroatoms. The maximum Gasteiger partial charge on any atom is 0.237 e. The van der Waals surface area contributed by atoms with Gasteiger partial charge in [-0.15, -0.1) is 0 Å². The zero-order valence-corrected chi connectivity index (χ0v) is 15.2. The fourth-order valence-corrected chi connectivity index (χ4v) is 2.54. The average Bonchev–Trinajstić information content (AvgIpc) is 2.36. The first-order valence-electron chi connectivity index (χ1n) is 7.05. The third-order valence-electron chi connectivity index (χ3n) is 3.07. The van der Waals surface area contributed by atoms with Crippen molar-refractivity contribution in [2.75, 3.05) is 7.11 Å². The van der Waals surface area contributed by atoms with Gasteiger partial charge < -0.3 is 10.1 Å². The first-order chi connectivity index (χ1) is 9.64. The Morgan fingerprint density at radius 1 is 1.29 bits per heavy atom. The van der Waals surface area contributed by atoms with Crippen molar-refractivity contribution in [1.82, 2.24) is 10.6 Å². The highest BCUT2D eigenvalue weighted by atomic mass is 79.9. The van der Waals surface area contributed by atoms with Crippen LogP contribution in [0.1, 0.15) is 46.2 Å².